The summed E-state index contributed by atoms with van der Waals surface area (Å²) in [5, 5.41) is 2.79. The number of pyridine rings is 1. The Hall–Kier alpha value is -1.18. The summed E-state index contributed by atoms with van der Waals surface area (Å²) in [7, 11) is 0. The standard InChI is InChI=1S/C15H17IN2O3/c1-13(2)14(3)6-7-15(13,21-12(14)20)11(19)18-10-5-4-9(16)8-17-10/h4-5,8H,6-7H2,1-3H3,(H,17,18,19)/t14-,15-/m1/s1. The molecule has 3 rings (SSSR count). The Kier molecular flexibility index (Phi) is 3.10. The molecule has 1 aromatic rings. The summed E-state index contributed by atoms with van der Waals surface area (Å²) in [4.78, 5) is 29.1. The lowest BCUT2D eigenvalue weighted by Gasteiger charge is -2.35. The quantitative estimate of drug-likeness (QED) is 0.613. The lowest BCUT2D eigenvalue weighted by Crippen LogP contribution is -2.50. The minimum absolute atomic E-state index is 0.274. The summed E-state index contributed by atoms with van der Waals surface area (Å²) in [5.41, 5.74) is -2.22. The van der Waals surface area contributed by atoms with Crippen molar-refractivity contribution < 1.29 is 14.3 Å². The largest absolute Gasteiger partial charge is 0.448 e. The first-order valence-electron chi connectivity index (χ1n) is 6.89. The number of halogens is 1. The van der Waals surface area contributed by atoms with E-state index in [2.05, 4.69) is 32.9 Å². The van der Waals surface area contributed by atoms with Gasteiger partial charge in [0.1, 0.15) is 5.82 Å². The Labute approximate surface area is 137 Å². The zero-order chi connectivity index (χ0) is 15.5. The van der Waals surface area contributed by atoms with Crippen molar-refractivity contribution in [3.8, 4) is 0 Å². The van der Waals surface area contributed by atoms with Gasteiger partial charge in [-0.25, -0.2) is 4.98 Å². The fourth-order valence-corrected chi connectivity index (χ4v) is 3.73. The number of nitrogens with one attached hydrogen (secondary N) is 1. The fraction of sp³-hybridized carbons (Fsp3) is 0.533. The number of hydrogen-bond acceptors (Lipinski definition) is 4. The van der Waals surface area contributed by atoms with Gasteiger partial charge in [0.2, 0.25) is 0 Å². The molecule has 1 aliphatic heterocycles. The third-order valence-electron chi connectivity index (χ3n) is 5.42. The number of nitrogens with zero attached hydrogens (tertiary/aromatic N) is 1. The highest BCUT2D eigenvalue weighted by Gasteiger charge is 2.75. The minimum Gasteiger partial charge on any atom is -0.448 e. The van der Waals surface area contributed by atoms with Crippen LogP contribution in [0.5, 0.6) is 0 Å². The van der Waals surface area contributed by atoms with E-state index in [0.717, 1.165) is 3.57 Å². The Bertz CT molecular complexity index is 628. The molecule has 1 saturated carbocycles. The van der Waals surface area contributed by atoms with Crippen LogP contribution in [0.3, 0.4) is 0 Å². The predicted octanol–water partition coefficient (Wildman–Crippen LogP) is 2.75. The molecule has 2 bridgehead atoms. The van der Waals surface area contributed by atoms with Crippen LogP contribution in [0, 0.1) is 14.4 Å². The summed E-state index contributed by atoms with van der Waals surface area (Å²) in [5.74, 6) is -0.0811. The third-order valence-corrected chi connectivity index (χ3v) is 6.06. The normalized spacial score (nSPS) is 32.9. The lowest BCUT2D eigenvalue weighted by atomic mass is 9.66. The van der Waals surface area contributed by atoms with E-state index >= 15 is 0 Å². The molecular formula is C15H17IN2O3. The van der Waals surface area contributed by atoms with E-state index in [1.54, 1.807) is 12.3 Å². The van der Waals surface area contributed by atoms with Gasteiger partial charge in [-0.3, -0.25) is 9.59 Å². The number of esters is 1. The van der Waals surface area contributed by atoms with Gasteiger partial charge in [-0.1, -0.05) is 13.8 Å². The van der Waals surface area contributed by atoms with Crippen LogP contribution in [-0.2, 0) is 14.3 Å². The van der Waals surface area contributed by atoms with Crippen molar-refractivity contribution in [2.75, 3.05) is 5.32 Å². The number of amides is 1. The molecule has 0 radical (unpaired) electrons. The Balaban J connectivity index is 1.91. The summed E-state index contributed by atoms with van der Waals surface area (Å²) in [6.07, 6.45) is 2.91. The molecule has 2 fully saturated rings. The van der Waals surface area contributed by atoms with E-state index in [1.165, 1.54) is 0 Å². The Morgan fingerprint density at radius 2 is 2.05 bits per heavy atom. The Morgan fingerprint density at radius 1 is 1.33 bits per heavy atom. The maximum Gasteiger partial charge on any atom is 0.313 e. The number of carbonyl (C=O) groups excluding carboxylic acids is 2. The van der Waals surface area contributed by atoms with Crippen LogP contribution in [0.4, 0.5) is 5.82 Å². The highest BCUT2D eigenvalue weighted by molar-refractivity contribution is 14.1. The molecule has 2 heterocycles. The van der Waals surface area contributed by atoms with Gasteiger partial charge in [-0.15, -0.1) is 0 Å². The Morgan fingerprint density at radius 3 is 2.52 bits per heavy atom. The molecule has 112 valence electrons. The van der Waals surface area contributed by atoms with Crippen molar-refractivity contribution >= 4 is 40.3 Å². The highest BCUT2D eigenvalue weighted by atomic mass is 127. The SMILES string of the molecule is CC1(C)[C@]2(C)CC[C@]1(C(=O)Nc1ccc(I)cn1)OC2=O. The summed E-state index contributed by atoms with van der Waals surface area (Å²) in [6.45, 7) is 5.76. The van der Waals surface area contributed by atoms with E-state index in [0.29, 0.717) is 18.7 Å². The molecule has 1 saturated heterocycles. The van der Waals surface area contributed by atoms with E-state index < -0.39 is 16.4 Å². The number of anilines is 1. The highest BCUT2D eigenvalue weighted by Crippen LogP contribution is 2.65. The molecule has 1 amide bonds. The minimum atomic E-state index is -1.09. The predicted molar refractivity (Wildman–Crippen MR) is 85.5 cm³/mol. The molecule has 6 heteroatoms. The van der Waals surface area contributed by atoms with E-state index in [1.807, 2.05) is 26.8 Å². The first kappa shape index (κ1) is 14.7. The van der Waals surface area contributed by atoms with Gasteiger partial charge < -0.3 is 10.1 Å². The van der Waals surface area contributed by atoms with Crippen molar-refractivity contribution in [1.82, 2.24) is 4.98 Å². The fourth-order valence-electron chi connectivity index (χ4n) is 3.41. The van der Waals surface area contributed by atoms with Crippen molar-refractivity contribution in [3.63, 3.8) is 0 Å². The van der Waals surface area contributed by atoms with Crippen LogP contribution >= 0.6 is 22.6 Å². The van der Waals surface area contributed by atoms with Gasteiger partial charge in [0, 0.05) is 15.2 Å². The van der Waals surface area contributed by atoms with Crippen LogP contribution in [-0.4, -0.2) is 22.5 Å². The van der Waals surface area contributed by atoms with Crippen LogP contribution in [0.25, 0.3) is 0 Å². The second kappa shape index (κ2) is 4.41. The van der Waals surface area contributed by atoms with Gasteiger partial charge in [0.15, 0.2) is 5.60 Å². The molecule has 2 aliphatic rings. The maximum atomic E-state index is 12.8. The molecule has 1 aliphatic carbocycles. The topological polar surface area (TPSA) is 68.3 Å². The van der Waals surface area contributed by atoms with Gasteiger partial charge in [-0.2, -0.15) is 0 Å². The van der Waals surface area contributed by atoms with Crippen molar-refractivity contribution in [2.45, 2.75) is 39.2 Å². The van der Waals surface area contributed by atoms with Crippen LogP contribution in [0.15, 0.2) is 18.3 Å². The number of rotatable bonds is 2. The number of carbonyl (C=O) groups is 2. The molecular weight excluding hydrogens is 383 g/mol. The zero-order valence-electron chi connectivity index (χ0n) is 12.2. The van der Waals surface area contributed by atoms with Crippen molar-refractivity contribution in [2.24, 2.45) is 10.8 Å². The monoisotopic (exact) mass is 400 g/mol. The first-order valence-corrected chi connectivity index (χ1v) is 7.97. The maximum absolute atomic E-state index is 12.8. The van der Waals surface area contributed by atoms with Crippen LogP contribution in [0.2, 0.25) is 0 Å². The van der Waals surface area contributed by atoms with Crippen LogP contribution in [0.1, 0.15) is 33.6 Å². The zero-order valence-corrected chi connectivity index (χ0v) is 14.4. The van der Waals surface area contributed by atoms with Gasteiger partial charge in [0.05, 0.1) is 5.41 Å². The molecule has 21 heavy (non-hydrogen) atoms. The molecule has 0 aromatic carbocycles. The molecule has 0 unspecified atom stereocenters. The number of ether oxygens (including phenoxy) is 1. The molecule has 0 spiro atoms. The number of hydrogen-bond donors (Lipinski definition) is 1. The summed E-state index contributed by atoms with van der Waals surface area (Å²) in [6, 6.07) is 3.61. The van der Waals surface area contributed by atoms with E-state index in [9.17, 15) is 9.59 Å². The van der Waals surface area contributed by atoms with E-state index in [4.69, 9.17) is 4.74 Å². The third kappa shape index (κ3) is 1.77. The lowest BCUT2D eigenvalue weighted by molar-refractivity contribution is -0.165. The average Bonchev–Trinajstić information content (AvgIpc) is 2.72. The van der Waals surface area contributed by atoms with Gasteiger partial charge in [0.25, 0.3) is 5.91 Å². The smallest absolute Gasteiger partial charge is 0.313 e. The van der Waals surface area contributed by atoms with Crippen molar-refractivity contribution in [3.05, 3.63) is 21.9 Å². The average molecular weight is 400 g/mol. The summed E-state index contributed by atoms with van der Waals surface area (Å²) < 4.78 is 6.53. The second-order valence-electron chi connectivity index (χ2n) is 6.49. The molecule has 5 nitrogen and oxygen atoms in total. The molecule has 2 atom stereocenters. The van der Waals surface area contributed by atoms with Crippen LogP contribution < -0.4 is 5.32 Å². The molecule has 1 aromatic heterocycles. The second-order valence-corrected chi connectivity index (χ2v) is 7.74. The number of fused-ring (bicyclic) bond motifs is 2. The van der Waals surface area contributed by atoms with E-state index in [-0.39, 0.29) is 11.9 Å². The summed E-state index contributed by atoms with van der Waals surface area (Å²) >= 11 is 2.15. The van der Waals surface area contributed by atoms with Gasteiger partial charge >= 0.3 is 5.97 Å². The first-order chi connectivity index (χ1) is 9.73. The van der Waals surface area contributed by atoms with Crippen molar-refractivity contribution in [1.29, 1.82) is 0 Å². The molecule has 1 N–H and O–H groups in total. The number of aromatic nitrogens is 1. The van der Waals surface area contributed by atoms with Gasteiger partial charge in [-0.05, 0) is 54.5 Å².